The Kier molecular flexibility index (Phi) is 4.36. The van der Waals surface area contributed by atoms with Gasteiger partial charge in [0.2, 0.25) is 0 Å². The van der Waals surface area contributed by atoms with E-state index in [-0.39, 0.29) is 29.6 Å². The average molecular weight is 144 g/mol. The molecule has 0 amide bonds. The van der Waals surface area contributed by atoms with Crippen molar-refractivity contribution in [2.45, 2.75) is 0 Å². The van der Waals surface area contributed by atoms with Crippen LogP contribution >= 0.6 is 0 Å². The van der Waals surface area contributed by atoms with Gasteiger partial charge in [-0.05, 0) is 6.08 Å². The summed E-state index contributed by atoms with van der Waals surface area (Å²) in [5.74, 6) is 0. The molecule has 0 aliphatic rings. The van der Waals surface area contributed by atoms with Crippen molar-refractivity contribution >= 4 is 41.8 Å². The summed E-state index contributed by atoms with van der Waals surface area (Å²) in [5.41, 5.74) is 0.870. The number of hydrogen-bond donors (Lipinski definition) is 0. The van der Waals surface area contributed by atoms with Crippen molar-refractivity contribution in [1.29, 1.82) is 0 Å². The third-order valence-electron chi connectivity index (χ3n) is 1.04. The second kappa shape index (κ2) is 4.50. The molecule has 10 heavy (non-hydrogen) atoms. The molecule has 48 valence electrons. The maximum atomic E-state index is 3.98. The van der Waals surface area contributed by atoms with E-state index in [1.54, 1.807) is 23.2 Å². The van der Waals surface area contributed by atoms with Crippen molar-refractivity contribution in [2.24, 2.45) is 0 Å². The molecule has 1 heterocycles. The minimum absolute atomic E-state index is 0. The fourth-order valence-corrected chi connectivity index (χ4v) is 0.558. The Hall–Kier alpha value is -0.310. The third-order valence-corrected chi connectivity index (χ3v) is 1.04. The first kappa shape index (κ1) is 9.69. The van der Waals surface area contributed by atoms with E-state index in [1.807, 2.05) is 6.20 Å². The van der Waals surface area contributed by atoms with Crippen LogP contribution in [0.4, 0.5) is 0 Å². The molecular weight excluding hydrogens is 135 g/mol. The Morgan fingerprint density at radius 1 is 1.50 bits per heavy atom. The summed E-state index contributed by atoms with van der Waals surface area (Å²) in [7, 11) is 0. The average Bonchev–Trinajstić information content (AvgIpc) is 2.34. The first-order valence-electron chi connectivity index (χ1n) is 2.65. The molecule has 0 aromatic carbocycles. The molecule has 0 bridgehead atoms. The van der Waals surface area contributed by atoms with Gasteiger partial charge in [-0.15, -0.1) is 0 Å². The fraction of sp³-hybridized carbons (Fsp3) is 0. The normalized spacial score (nSPS) is 8.00. The molecular formula is C7H9N2Na. The van der Waals surface area contributed by atoms with E-state index >= 15 is 0 Å². The molecule has 3 heteroatoms. The molecule has 0 radical (unpaired) electrons. The predicted molar refractivity (Wildman–Crippen MR) is 45.9 cm³/mol. The van der Waals surface area contributed by atoms with E-state index < -0.39 is 0 Å². The monoisotopic (exact) mass is 144 g/mol. The summed E-state index contributed by atoms with van der Waals surface area (Å²) in [5, 5.41) is 0. The standard InChI is InChI=1S/C7H8N2.Na.H/c1-3-7-5-9(4-2)6-8-7;;/h3-6H,1-2H2;;. The molecule has 0 aliphatic heterocycles. The summed E-state index contributed by atoms with van der Waals surface area (Å²) in [6.07, 6.45) is 6.91. The van der Waals surface area contributed by atoms with Gasteiger partial charge in [0.15, 0.2) is 0 Å². The summed E-state index contributed by atoms with van der Waals surface area (Å²) in [4.78, 5) is 3.98. The maximum absolute atomic E-state index is 3.98. The van der Waals surface area contributed by atoms with Gasteiger partial charge in [-0.25, -0.2) is 4.98 Å². The van der Waals surface area contributed by atoms with Gasteiger partial charge in [0.1, 0.15) is 0 Å². The first-order chi connectivity index (χ1) is 4.36. The van der Waals surface area contributed by atoms with Crippen LogP contribution in [0.15, 0.2) is 25.7 Å². The van der Waals surface area contributed by atoms with Crippen LogP contribution in [0.25, 0.3) is 12.3 Å². The van der Waals surface area contributed by atoms with Gasteiger partial charge < -0.3 is 4.57 Å². The molecule has 0 aliphatic carbocycles. The van der Waals surface area contributed by atoms with Gasteiger partial charge in [-0.3, -0.25) is 0 Å². The van der Waals surface area contributed by atoms with E-state index in [0.717, 1.165) is 5.69 Å². The second-order valence-electron chi connectivity index (χ2n) is 1.63. The summed E-state index contributed by atoms with van der Waals surface area (Å²) < 4.78 is 1.77. The molecule has 1 aromatic rings. The van der Waals surface area contributed by atoms with Gasteiger partial charge in [0.25, 0.3) is 0 Å². The molecule has 1 aromatic heterocycles. The molecule has 0 spiro atoms. The second-order valence-corrected chi connectivity index (χ2v) is 1.63. The van der Waals surface area contributed by atoms with Crippen LogP contribution in [0.5, 0.6) is 0 Å². The number of imidazole rings is 1. The van der Waals surface area contributed by atoms with E-state index in [4.69, 9.17) is 0 Å². The quantitative estimate of drug-likeness (QED) is 0.566. The van der Waals surface area contributed by atoms with Crippen molar-refractivity contribution in [3.8, 4) is 0 Å². The zero-order chi connectivity index (χ0) is 6.69. The zero-order valence-electron chi connectivity index (χ0n) is 5.12. The Morgan fingerprint density at radius 2 is 2.20 bits per heavy atom. The Labute approximate surface area is 82.6 Å². The first-order valence-corrected chi connectivity index (χ1v) is 2.65. The Bertz CT molecular complexity index is 205. The third kappa shape index (κ3) is 2.14. The van der Waals surface area contributed by atoms with Gasteiger partial charge in [-0.1, -0.05) is 13.2 Å². The van der Waals surface area contributed by atoms with Crippen LogP contribution < -0.4 is 0 Å². The predicted octanol–water partition coefficient (Wildman–Crippen LogP) is 0.978. The van der Waals surface area contributed by atoms with Crippen LogP contribution in [-0.4, -0.2) is 39.1 Å². The Morgan fingerprint density at radius 3 is 2.50 bits per heavy atom. The minimum atomic E-state index is 0. The van der Waals surface area contributed by atoms with E-state index in [9.17, 15) is 0 Å². The Balaban J connectivity index is 0.000000810. The van der Waals surface area contributed by atoms with Crippen molar-refractivity contribution in [1.82, 2.24) is 9.55 Å². The van der Waals surface area contributed by atoms with E-state index in [1.165, 1.54) is 0 Å². The molecule has 0 saturated heterocycles. The van der Waals surface area contributed by atoms with Crippen LogP contribution in [0.1, 0.15) is 5.69 Å². The molecule has 0 fully saturated rings. The van der Waals surface area contributed by atoms with Crippen molar-refractivity contribution < 1.29 is 0 Å². The summed E-state index contributed by atoms with van der Waals surface area (Å²) in [6.45, 7) is 7.14. The van der Waals surface area contributed by atoms with Gasteiger partial charge in [0.05, 0.1) is 12.0 Å². The summed E-state index contributed by atoms with van der Waals surface area (Å²) >= 11 is 0. The van der Waals surface area contributed by atoms with Crippen molar-refractivity contribution in [3.63, 3.8) is 0 Å². The number of nitrogens with zero attached hydrogens (tertiary/aromatic N) is 2. The van der Waals surface area contributed by atoms with Crippen LogP contribution in [-0.2, 0) is 0 Å². The molecule has 0 saturated carbocycles. The van der Waals surface area contributed by atoms with Crippen LogP contribution in [0, 0.1) is 0 Å². The number of rotatable bonds is 2. The van der Waals surface area contributed by atoms with E-state index in [2.05, 4.69) is 18.1 Å². The van der Waals surface area contributed by atoms with Crippen LogP contribution in [0.2, 0.25) is 0 Å². The zero-order valence-corrected chi connectivity index (χ0v) is 5.12. The van der Waals surface area contributed by atoms with Gasteiger partial charge >= 0.3 is 29.6 Å². The van der Waals surface area contributed by atoms with E-state index in [0.29, 0.717) is 0 Å². The molecule has 0 N–H and O–H groups in total. The number of aromatic nitrogens is 2. The van der Waals surface area contributed by atoms with Crippen molar-refractivity contribution in [3.05, 3.63) is 31.4 Å². The van der Waals surface area contributed by atoms with Gasteiger partial charge in [0, 0.05) is 12.4 Å². The summed E-state index contributed by atoms with van der Waals surface area (Å²) in [6, 6.07) is 0. The number of hydrogen-bond acceptors (Lipinski definition) is 1. The molecule has 2 nitrogen and oxygen atoms in total. The van der Waals surface area contributed by atoms with Crippen LogP contribution in [0.3, 0.4) is 0 Å². The molecule has 0 atom stereocenters. The van der Waals surface area contributed by atoms with Crippen molar-refractivity contribution in [2.75, 3.05) is 0 Å². The fourth-order valence-electron chi connectivity index (χ4n) is 0.558. The SMILES string of the molecule is C=Cc1cn(C=C)cn1.[NaH]. The van der Waals surface area contributed by atoms with Gasteiger partial charge in [-0.2, -0.15) is 0 Å². The molecule has 0 unspecified atom stereocenters. The topological polar surface area (TPSA) is 17.8 Å². The molecule has 1 rings (SSSR count).